The summed E-state index contributed by atoms with van der Waals surface area (Å²) in [4.78, 5) is -0.115. The van der Waals surface area contributed by atoms with E-state index in [0.717, 1.165) is 23.3 Å². The first kappa shape index (κ1) is 14.0. The van der Waals surface area contributed by atoms with Gasteiger partial charge < -0.3 is 5.73 Å². The summed E-state index contributed by atoms with van der Waals surface area (Å²) in [6.45, 7) is -1.06. The van der Waals surface area contributed by atoms with Crippen LogP contribution in [-0.4, -0.2) is 37.2 Å². The number of aromatic nitrogens is 2. The van der Waals surface area contributed by atoms with Gasteiger partial charge in [-0.1, -0.05) is 0 Å². The Bertz CT molecular complexity index is 480. The fourth-order valence-corrected chi connectivity index (χ4v) is 1.73. The van der Waals surface area contributed by atoms with E-state index in [1.807, 2.05) is 0 Å². The van der Waals surface area contributed by atoms with Gasteiger partial charge in [0.1, 0.15) is 4.90 Å². The summed E-state index contributed by atoms with van der Waals surface area (Å²) in [5.41, 5.74) is 5.02. The Labute approximate surface area is 96.3 Å². The molecule has 2 N–H and O–H groups in total. The number of hydrogen-bond acceptors (Lipinski definition) is 4. The minimum Gasteiger partial charge on any atom is -0.330 e. The summed E-state index contributed by atoms with van der Waals surface area (Å²) in [7, 11) is -3.46. The van der Waals surface area contributed by atoms with Crippen LogP contribution in [0, 0.1) is 5.92 Å². The van der Waals surface area contributed by atoms with Crippen LogP contribution in [-0.2, 0) is 16.4 Å². The zero-order valence-corrected chi connectivity index (χ0v) is 9.79. The number of alkyl halides is 3. The number of nitrogens with zero attached hydrogens (tertiary/aromatic N) is 2. The van der Waals surface area contributed by atoms with Crippen molar-refractivity contribution >= 4 is 9.84 Å². The predicted molar refractivity (Wildman–Crippen MR) is 53.9 cm³/mol. The van der Waals surface area contributed by atoms with E-state index in [9.17, 15) is 21.6 Å². The van der Waals surface area contributed by atoms with Gasteiger partial charge in [0.2, 0.25) is 0 Å². The quantitative estimate of drug-likeness (QED) is 0.861. The normalized spacial score (nSPS) is 14.9. The van der Waals surface area contributed by atoms with Crippen LogP contribution >= 0.6 is 0 Å². The number of hydrogen-bond donors (Lipinski definition) is 1. The first-order chi connectivity index (χ1) is 7.64. The highest BCUT2D eigenvalue weighted by molar-refractivity contribution is 7.90. The molecule has 1 unspecified atom stereocenters. The van der Waals surface area contributed by atoms with E-state index in [1.165, 1.54) is 0 Å². The third-order valence-electron chi connectivity index (χ3n) is 2.19. The van der Waals surface area contributed by atoms with Crippen LogP contribution in [0.2, 0.25) is 0 Å². The van der Waals surface area contributed by atoms with Gasteiger partial charge in [-0.15, -0.1) is 0 Å². The van der Waals surface area contributed by atoms with Gasteiger partial charge in [0.15, 0.2) is 9.84 Å². The maximum absolute atomic E-state index is 12.4. The van der Waals surface area contributed by atoms with Crippen molar-refractivity contribution in [2.75, 3.05) is 12.8 Å². The maximum Gasteiger partial charge on any atom is 0.394 e. The second kappa shape index (κ2) is 4.65. The molecule has 0 aliphatic rings. The van der Waals surface area contributed by atoms with Crippen molar-refractivity contribution < 1.29 is 21.6 Å². The van der Waals surface area contributed by atoms with E-state index in [4.69, 9.17) is 5.73 Å². The summed E-state index contributed by atoms with van der Waals surface area (Å²) in [5.74, 6) is -1.74. The standard InChI is InChI=1S/C8H12F3N3O2S/c1-17(15,16)7-3-13-14(5-7)4-6(2-12)8(9,10)11/h3,5-6H,2,4,12H2,1H3. The number of rotatable bonds is 4. The van der Waals surface area contributed by atoms with E-state index in [2.05, 4.69) is 5.10 Å². The average molecular weight is 271 g/mol. The predicted octanol–water partition coefficient (Wildman–Crippen LogP) is 0.424. The van der Waals surface area contributed by atoms with Crippen molar-refractivity contribution in [3.8, 4) is 0 Å². The van der Waals surface area contributed by atoms with E-state index in [0.29, 0.717) is 0 Å². The zero-order chi connectivity index (χ0) is 13.3. The molecule has 0 fully saturated rings. The van der Waals surface area contributed by atoms with Gasteiger partial charge in [0, 0.05) is 19.0 Å². The molecule has 1 aromatic heterocycles. The lowest BCUT2D eigenvalue weighted by molar-refractivity contribution is -0.175. The summed E-state index contributed by atoms with van der Waals surface area (Å²) in [6.07, 6.45) is -1.40. The summed E-state index contributed by atoms with van der Waals surface area (Å²) < 4.78 is 60.4. The van der Waals surface area contributed by atoms with Gasteiger partial charge in [-0.25, -0.2) is 8.42 Å². The lowest BCUT2D eigenvalue weighted by Crippen LogP contribution is -2.33. The Hall–Kier alpha value is -1.09. The second-order valence-electron chi connectivity index (χ2n) is 3.64. The van der Waals surface area contributed by atoms with Crippen molar-refractivity contribution in [3.63, 3.8) is 0 Å². The molecular weight excluding hydrogens is 259 g/mol. The van der Waals surface area contributed by atoms with Crippen LogP contribution in [0.3, 0.4) is 0 Å². The topological polar surface area (TPSA) is 78.0 Å². The Balaban J connectivity index is 2.86. The highest BCUT2D eigenvalue weighted by Gasteiger charge is 2.38. The molecule has 98 valence electrons. The Morgan fingerprint density at radius 1 is 1.53 bits per heavy atom. The molecule has 0 aliphatic carbocycles. The molecule has 0 aromatic carbocycles. The third kappa shape index (κ3) is 3.70. The van der Waals surface area contributed by atoms with Crippen molar-refractivity contribution in [1.82, 2.24) is 9.78 Å². The molecular formula is C8H12F3N3O2S. The molecule has 1 heterocycles. The highest BCUT2D eigenvalue weighted by Crippen LogP contribution is 2.26. The highest BCUT2D eigenvalue weighted by atomic mass is 32.2. The van der Waals surface area contributed by atoms with Crippen LogP contribution in [0.4, 0.5) is 13.2 Å². The van der Waals surface area contributed by atoms with Gasteiger partial charge in [-0.2, -0.15) is 18.3 Å². The summed E-state index contributed by atoms with van der Waals surface area (Å²) >= 11 is 0. The van der Waals surface area contributed by atoms with E-state index < -0.39 is 35.0 Å². The van der Waals surface area contributed by atoms with Crippen molar-refractivity contribution in [2.45, 2.75) is 17.6 Å². The summed E-state index contributed by atoms with van der Waals surface area (Å²) in [6, 6.07) is 0. The number of halogens is 3. The summed E-state index contributed by atoms with van der Waals surface area (Å²) in [5, 5.41) is 3.57. The zero-order valence-electron chi connectivity index (χ0n) is 8.98. The Morgan fingerprint density at radius 2 is 2.12 bits per heavy atom. The van der Waals surface area contributed by atoms with E-state index in [-0.39, 0.29) is 4.90 Å². The molecule has 1 rings (SSSR count). The Kier molecular flexibility index (Phi) is 3.82. The van der Waals surface area contributed by atoms with E-state index in [1.54, 1.807) is 0 Å². The molecule has 0 bridgehead atoms. The van der Waals surface area contributed by atoms with Crippen LogP contribution in [0.1, 0.15) is 0 Å². The fourth-order valence-electron chi connectivity index (χ4n) is 1.17. The number of sulfone groups is 1. The monoisotopic (exact) mass is 271 g/mol. The van der Waals surface area contributed by atoms with Gasteiger partial charge in [-0.3, -0.25) is 4.68 Å². The minimum atomic E-state index is -4.42. The molecule has 0 radical (unpaired) electrons. The molecule has 1 atom stereocenters. The van der Waals surface area contributed by atoms with Crippen molar-refractivity contribution in [3.05, 3.63) is 12.4 Å². The molecule has 9 heteroatoms. The van der Waals surface area contributed by atoms with Crippen LogP contribution < -0.4 is 5.73 Å². The third-order valence-corrected chi connectivity index (χ3v) is 3.26. The molecule has 0 saturated heterocycles. The minimum absolute atomic E-state index is 0.115. The van der Waals surface area contributed by atoms with Crippen LogP contribution in [0.5, 0.6) is 0 Å². The van der Waals surface area contributed by atoms with E-state index >= 15 is 0 Å². The lowest BCUT2D eigenvalue weighted by Gasteiger charge is -2.17. The lowest BCUT2D eigenvalue weighted by atomic mass is 10.1. The van der Waals surface area contributed by atoms with Crippen molar-refractivity contribution in [2.24, 2.45) is 11.7 Å². The molecule has 0 aliphatic heterocycles. The molecule has 17 heavy (non-hydrogen) atoms. The van der Waals surface area contributed by atoms with Crippen LogP contribution in [0.15, 0.2) is 17.3 Å². The molecule has 0 spiro atoms. The van der Waals surface area contributed by atoms with Gasteiger partial charge in [0.05, 0.1) is 18.7 Å². The van der Waals surface area contributed by atoms with Gasteiger partial charge in [0.25, 0.3) is 0 Å². The van der Waals surface area contributed by atoms with Crippen LogP contribution in [0.25, 0.3) is 0 Å². The van der Waals surface area contributed by atoms with Gasteiger partial charge in [-0.05, 0) is 0 Å². The first-order valence-corrected chi connectivity index (χ1v) is 6.53. The fraction of sp³-hybridized carbons (Fsp3) is 0.625. The number of nitrogens with two attached hydrogens (primary N) is 1. The molecule has 5 nitrogen and oxygen atoms in total. The maximum atomic E-state index is 12.4. The Morgan fingerprint density at radius 3 is 2.47 bits per heavy atom. The smallest absolute Gasteiger partial charge is 0.330 e. The van der Waals surface area contributed by atoms with Gasteiger partial charge >= 0.3 is 6.18 Å². The first-order valence-electron chi connectivity index (χ1n) is 4.64. The average Bonchev–Trinajstić information content (AvgIpc) is 2.59. The molecule has 0 amide bonds. The second-order valence-corrected chi connectivity index (χ2v) is 5.66. The van der Waals surface area contributed by atoms with Crippen molar-refractivity contribution in [1.29, 1.82) is 0 Å². The molecule has 1 aromatic rings. The largest absolute Gasteiger partial charge is 0.394 e. The SMILES string of the molecule is CS(=O)(=O)c1cnn(CC(CN)C(F)(F)F)c1. The molecule has 0 saturated carbocycles.